The average molecular weight is 308 g/mol. The van der Waals surface area contributed by atoms with Gasteiger partial charge in [-0.05, 0) is 23.8 Å². The number of nitrogens with one attached hydrogen (secondary N) is 1. The van der Waals surface area contributed by atoms with Crippen LogP contribution < -0.4 is 5.32 Å². The summed E-state index contributed by atoms with van der Waals surface area (Å²) >= 11 is 5.79. The first-order valence-electron chi connectivity index (χ1n) is 6.79. The molecule has 0 amide bonds. The van der Waals surface area contributed by atoms with Crippen molar-refractivity contribution in [2.75, 3.05) is 19.7 Å². The lowest BCUT2D eigenvalue weighted by Crippen LogP contribution is -2.34. The van der Waals surface area contributed by atoms with E-state index in [0.717, 1.165) is 17.8 Å². The first-order valence-corrected chi connectivity index (χ1v) is 7.17. The van der Waals surface area contributed by atoms with E-state index in [1.54, 1.807) is 18.5 Å². The second-order valence-electron chi connectivity index (χ2n) is 4.92. The predicted molar refractivity (Wildman–Crippen MR) is 77.8 cm³/mol. The molecule has 2 aromatic heterocycles. The second-order valence-corrected chi connectivity index (χ2v) is 5.36. The zero-order valence-electron chi connectivity index (χ0n) is 11.4. The maximum Gasteiger partial charge on any atom is 0.147 e. The number of ether oxygens (including phenoxy) is 1. The van der Waals surface area contributed by atoms with Gasteiger partial charge in [-0.15, -0.1) is 0 Å². The minimum atomic E-state index is -0.338. The third-order valence-corrected chi connectivity index (χ3v) is 3.56. The summed E-state index contributed by atoms with van der Waals surface area (Å²) in [4.78, 5) is 8.42. The van der Waals surface area contributed by atoms with E-state index in [9.17, 15) is 4.39 Å². The molecule has 3 rings (SSSR count). The lowest BCUT2D eigenvalue weighted by molar-refractivity contribution is 0.0226. The van der Waals surface area contributed by atoms with E-state index in [1.165, 1.54) is 6.07 Å². The van der Waals surface area contributed by atoms with Crippen molar-refractivity contribution in [3.05, 3.63) is 58.4 Å². The van der Waals surface area contributed by atoms with Crippen LogP contribution in [0.15, 0.2) is 30.6 Å². The summed E-state index contributed by atoms with van der Waals surface area (Å²) in [5.41, 5.74) is 1.95. The summed E-state index contributed by atoms with van der Waals surface area (Å²) in [6, 6.07) is 5.09. The maximum absolute atomic E-state index is 14.2. The molecule has 0 aliphatic carbocycles. The van der Waals surface area contributed by atoms with Gasteiger partial charge in [0.2, 0.25) is 0 Å². The molecule has 6 heteroatoms. The highest BCUT2D eigenvalue weighted by molar-refractivity contribution is 6.30. The Morgan fingerprint density at radius 1 is 1.33 bits per heavy atom. The molecule has 21 heavy (non-hydrogen) atoms. The molecule has 0 aromatic carbocycles. The molecule has 0 spiro atoms. The summed E-state index contributed by atoms with van der Waals surface area (Å²) in [5, 5.41) is 3.75. The first-order chi connectivity index (χ1) is 10.2. The van der Waals surface area contributed by atoms with E-state index in [-0.39, 0.29) is 11.9 Å². The average Bonchev–Trinajstić information content (AvgIpc) is 2.51. The van der Waals surface area contributed by atoms with Gasteiger partial charge in [-0.3, -0.25) is 9.97 Å². The smallest absolute Gasteiger partial charge is 0.147 e. The van der Waals surface area contributed by atoms with Crippen molar-refractivity contribution in [2.45, 2.75) is 12.5 Å². The second kappa shape index (κ2) is 6.47. The van der Waals surface area contributed by atoms with Gasteiger partial charge in [0.15, 0.2) is 0 Å². The maximum atomic E-state index is 14.2. The largest absolute Gasteiger partial charge is 0.369 e. The topological polar surface area (TPSA) is 47.0 Å². The van der Waals surface area contributed by atoms with E-state index in [4.69, 9.17) is 16.3 Å². The molecule has 4 nitrogen and oxygen atoms in total. The van der Waals surface area contributed by atoms with E-state index in [2.05, 4.69) is 15.3 Å². The molecule has 3 heterocycles. The highest BCUT2D eigenvalue weighted by Crippen LogP contribution is 2.21. The zero-order valence-corrected chi connectivity index (χ0v) is 12.1. The fourth-order valence-corrected chi connectivity index (χ4v) is 2.39. The summed E-state index contributed by atoms with van der Waals surface area (Å²) in [6.45, 7) is 1.95. The van der Waals surface area contributed by atoms with Crippen molar-refractivity contribution in [1.82, 2.24) is 15.3 Å². The molecule has 1 atom stereocenters. The van der Waals surface area contributed by atoms with Crippen LogP contribution in [0.2, 0.25) is 5.02 Å². The van der Waals surface area contributed by atoms with Crippen LogP contribution in [-0.4, -0.2) is 29.7 Å². The minimum Gasteiger partial charge on any atom is -0.369 e. The van der Waals surface area contributed by atoms with Crippen molar-refractivity contribution >= 4 is 11.6 Å². The van der Waals surface area contributed by atoms with Gasteiger partial charge < -0.3 is 10.1 Å². The van der Waals surface area contributed by atoms with Gasteiger partial charge in [0.05, 0.1) is 11.6 Å². The van der Waals surface area contributed by atoms with Crippen LogP contribution in [0.25, 0.3) is 0 Å². The Kier molecular flexibility index (Phi) is 4.43. The molecule has 1 unspecified atom stereocenters. The molecule has 2 aromatic rings. The normalized spacial score (nSPS) is 18.7. The molecular weight excluding hydrogens is 293 g/mol. The fourth-order valence-electron chi connectivity index (χ4n) is 2.28. The van der Waals surface area contributed by atoms with Crippen LogP contribution in [-0.2, 0) is 11.2 Å². The molecular formula is C15H15ClFN3O. The summed E-state index contributed by atoms with van der Waals surface area (Å²) in [7, 11) is 0. The van der Waals surface area contributed by atoms with Crippen molar-refractivity contribution in [3.8, 4) is 0 Å². The van der Waals surface area contributed by atoms with Gasteiger partial charge in [-0.25, -0.2) is 4.39 Å². The van der Waals surface area contributed by atoms with Crippen LogP contribution in [0.1, 0.15) is 23.1 Å². The number of nitrogens with zero attached hydrogens (tertiary/aromatic N) is 2. The monoisotopic (exact) mass is 307 g/mol. The molecule has 0 radical (unpaired) electrons. The Morgan fingerprint density at radius 2 is 2.24 bits per heavy atom. The Balaban J connectivity index is 1.75. The highest BCUT2D eigenvalue weighted by Gasteiger charge is 2.21. The van der Waals surface area contributed by atoms with E-state index >= 15 is 0 Å². The van der Waals surface area contributed by atoms with E-state index < -0.39 is 0 Å². The number of morpholine rings is 1. The van der Waals surface area contributed by atoms with Gasteiger partial charge in [0, 0.05) is 37.6 Å². The Bertz CT molecular complexity index is 615. The molecule has 1 aliphatic heterocycles. The van der Waals surface area contributed by atoms with Crippen molar-refractivity contribution in [3.63, 3.8) is 0 Å². The van der Waals surface area contributed by atoms with Crippen LogP contribution in [0.5, 0.6) is 0 Å². The SMILES string of the molecule is Fc1cc(Cc2ccc(Cl)cn2)cnc1C1CNCCO1. The molecule has 1 aliphatic rings. The quantitative estimate of drug-likeness (QED) is 0.946. The van der Waals surface area contributed by atoms with Crippen LogP contribution in [0, 0.1) is 5.82 Å². The van der Waals surface area contributed by atoms with Crippen molar-refractivity contribution in [1.29, 1.82) is 0 Å². The molecule has 1 saturated heterocycles. The van der Waals surface area contributed by atoms with Crippen LogP contribution >= 0.6 is 11.6 Å². The van der Waals surface area contributed by atoms with E-state index in [0.29, 0.717) is 30.3 Å². The third kappa shape index (κ3) is 3.56. The molecule has 0 bridgehead atoms. The van der Waals surface area contributed by atoms with Crippen LogP contribution in [0.4, 0.5) is 4.39 Å². The lowest BCUT2D eigenvalue weighted by Gasteiger charge is -2.23. The Morgan fingerprint density at radius 3 is 2.90 bits per heavy atom. The first kappa shape index (κ1) is 14.4. The molecule has 0 saturated carbocycles. The third-order valence-electron chi connectivity index (χ3n) is 3.33. The number of aromatic nitrogens is 2. The predicted octanol–water partition coefficient (Wildman–Crippen LogP) is 2.52. The van der Waals surface area contributed by atoms with Crippen LogP contribution in [0.3, 0.4) is 0 Å². The molecule has 1 N–H and O–H groups in total. The lowest BCUT2D eigenvalue weighted by atomic mass is 10.1. The van der Waals surface area contributed by atoms with Gasteiger partial charge in [-0.2, -0.15) is 0 Å². The number of hydrogen-bond donors (Lipinski definition) is 1. The van der Waals surface area contributed by atoms with E-state index in [1.807, 2.05) is 6.07 Å². The summed E-state index contributed by atoms with van der Waals surface area (Å²) in [5.74, 6) is -0.338. The van der Waals surface area contributed by atoms with Crippen molar-refractivity contribution in [2.24, 2.45) is 0 Å². The molecule has 110 valence electrons. The van der Waals surface area contributed by atoms with Gasteiger partial charge in [0.1, 0.15) is 17.6 Å². The standard InChI is InChI=1S/C15H15ClFN3O/c16-11-1-2-12(19-8-11)5-10-6-13(17)15(20-7-10)14-9-18-3-4-21-14/h1-2,6-8,14,18H,3-5,9H2. The van der Waals surface area contributed by atoms with Gasteiger partial charge in [0.25, 0.3) is 0 Å². The summed E-state index contributed by atoms with van der Waals surface area (Å²) < 4.78 is 19.7. The number of hydrogen-bond acceptors (Lipinski definition) is 4. The van der Waals surface area contributed by atoms with Gasteiger partial charge in [-0.1, -0.05) is 11.6 Å². The molecule has 1 fully saturated rings. The van der Waals surface area contributed by atoms with Crippen molar-refractivity contribution < 1.29 is 9.13 Å². The Labute approximate surface area is 127 Å². The number of pyridine rings is 2. The minimum absolute atomic E-state index is 0.318. The fraction of sp³-hybridized carbons (Fsp3) is 0.333. The van der Waals surface area contributed by atoms with Gasteiger partial charge >= 0.3 is 0 Å². The number of rotatable bonds is 3. The highest BCUT2D eigenvalue weighted by atomic mass is 35.5. The summed E-state index contributed by atoms with van der Waals surface area (Å²) in [6.07, 6.45) is 3.45. The Hall–Kier alpha value is -1.56. The zero-order chi connectivity index (χ0) is 14.7. The number of halogens is 2.